The summed E-state index contributed by atoms with van der Waals surface area (Å²) >= 11 is 0. The van der Waals surface area contributed by atoms with Crippen molar-refractivity contribution in [2.75, 3.05) is 6.54 Å². The molecule has 0 aliphatic heterocycles. The quantitative estimate of drug-likeness (QED) is 0.831. The Hall–Kier alpha value is -1.75. The van der Waals surface area contributed by atoms with Gasteiger partial charge in [0, 0.05) is 11.5 Å². The maximum absolute atomic E-state index is 11.3. The first-order chi connectivity index (χ1) is 9.63. The van der Waals surface area contributed by atoms with Crippen LogP contribution >= 0.6 is 0 Å². The molecule has 0 aromatic heterocycles. The van der Waals surface area contributed by atoms with Gasteiger partial charge in [-0.2, -0.15) is 0 Å². The lowest BCUT2D eigenvalue weighted by molar-refractivity contribution is -0.123. The number of nitrogens with one attached hydrogen (secondary N) is 1. The molecule has 1 rings (SSSR count). The molecule has 1 aromatic carbocycles. The van der Waals surface area contributed by atoms with Gasteiger partial charge in [0.1, 0.15) is 0 Å². The standard InChI is InChI=1S/C16H21NO.C2H6/c1-4-6-14-8-10-15(11-9-14)7-5-12-17-16(18)13(2)3;1-2/h8-11,13H,4,6,12H2,1-3H3,(H,17,18);1-2H3. The van der Waals surface area contributed by atoms with Crippen LogP contribution in [0.4, 0.5) is 0 Å². The van der Waals surface area contributed by atoms with Crippen molar-refractivity contribution in [2.45, 2.75) is 47.5 Å². The average molecular weight is 273 g/mol. The summed E-state index contributed by atoms with van der Waals surface area (Å²) in [5.41, 5.74) is 2.34. The molecule has 0 atom stereocenters. The van der Waals surface area contributed by atoms with E-state index in [1.54, 1.807) is 0 Å². The molecule has 0 aliphatic rings. The molecule has 0 spiro atoms. The van der Waals surface area contributed by atoms with E-state index in [0.29, 0.717) is 6.54 Å². The summed E-state index contributed by atoms with van der Waals surface area (Å²) in [5.74, 6) is 6.06. The third-order valence-electron chi connectivity index (χ3n) is 2.60. The second kappa shape index (κ2) is 11.1. The maximum atomic E-state index is 11.3. The molecule has 0 saturated heterocycles. The van der Waals surface area contributed by atoms with Crippen LogP contribution in [0.5, 0.6) is 0 Å². The van der Waals surface area contributed by atoms with Crippen molar-refractivity contribution in [3.05, 3.63) is 35.4 Å². The van der Waals surface area contributed by atoms with E-state index >= 15 is 0 Å². The van der Waals surface area contributed by atoms with Gasteiger partial charge < -0.3 is 5.32 Å². The summed E-state index contributed by atoms with van der Waals surface area (Å²) in [6.45, 7) is 10.3. The summed E-state index contributed by atoms with van der Waals surface area (Å²) in [6, 6.07) is 8.28. The Balaban J connectivity index is 0.00000172. The third-order valence-corrected chi connectivity index (χ3v) is 2.60. The molecule has 2 nitrogen and oxygen atoms in total. The molecule has 20 heavy (non-hydrogen) atoms. The van der Waals surface area contributed by atoms with Gasteiger partial charge in [-0.15, -0.1) is 0 Å². The van der Waals surface area contributed by atoms with E-state index in [0.717, 1.165) is 18.4 Å². The Morgan fingerprint density at radius 3 is 2.30 bits per heavy atom. The zero-order valence-electron chi connectivity index (χ0n) is 13.4. The highest BCUT2D eigenvalue weighted by atomic mass is 16.1. The lowest BCUT2D eigenvalue weighted by Gasteiger charge is -2.02. The van der Waals surface area contributed by atoms with E-state index in [2.05, 4.69) is 36.2 Å². The number of carbonyl (C=O) groups excluding carboxylic acids is 1. The predicted octanol–water partition coefficient (Wildman–Crippen LogP) is 3.79. The number of carbonyl (C=O) groups is 1. The van der Waals surface area contributed by atoms with Crippen LogP contribution in [-0.2, 0) is 11.2 Å². The molecule has 0 unspecified atom stereocenters. The van der Waals surface area contributed by atoms with Gasteiger partial charge in [0.15, 0.2) is 0 Å². The second-order valence-electron chi connectivity index (χ2n) is 4.62. The number of amides is 1. The Morgan fingerprint density at radius 1 is 1.20 bits per heavy atom. The van der Waals surface area contributed by atoms with Gasteiger partial charge in [-0.05, 0) is 24.1 Å². The molecule has 110 valence electrons. The van der Waals surface area contributed by atoms with Crippen LogP contribution in [0, 0.1) is 17.8 Å². The number of hydrogen-bond acceptors (Lipinski definition) is 1. The van der Waals surface area contributed by atoms with E-state index in [-0.39, 0.29) is 11.8 Å². The van der Waals surface area contributed by atoms with Gasteiger partial charge in [-0.1, -0.05) is 65.0 Å². The van der Waals surface area contributed by atoms with Gasteiger partial charge >= 0.3 is 0 Å². The summed E-state index contributed by atoms with van der Waals surface area (Å²) < 4.78 is 0. The van der Waals surface area contributed by atoms with Crippen molar-refractivity contribution in [3.8, 4) is 11.8 Å². The SMILES string of the molecule is CC.CCCc1ccc(C#CCNC(=O)C(C)C)cc1. The smallest absolute Gasteiger partial charge is 0.223 e. The molecule has 1 amide bonds. The number of rotatable bonds is 4. The van der Waals surface area contributed by atoms with Crippen molar-refractivity contribution >= 4 is 5.91 Å². The minimum atomic E-state index is 0.0140. The fraction of sp³-hybridized carbons (Fsp3) is 0.500. The van der Waals surface area contributed by atoms with E-state index in [9.17, 15) is 4.79 Å². The molecule has 0 saturated carbocycles. The van der Waals surface area contributed by atoms with E-state index in [1.807, 2.05) is 39.8 Å². The van der Waals surface area contributed by atoms with Gasteiger partial charge in [-0.3, -0.25) is 4.79 Å². The summed E-state index contributed by atoms with van der Waals surface area (Å²) in [6.07, 6.45) is 2.27. The zero-order valence-corrected chi connectivity index (χ0v) is 13.4. The second-order valence-corrected chi connectivity index (χ2v) is 4.62. The van der Waals surface area contributed by atoms with Crippen molar-refractivity contribution in [3.63, 3.8) is 0 Å². The lowest BCUT2D eigenvalue weighted by atomic mass is 10.1. The fourth-order valence-corrected chi connectivity index (χ4v) is 1.53. The number of benzene rings is 1. The molecule has 0 aliphatic carbocycles. The third kappa shape index (κ3) is 7.63. The maximum Gasteiger partial charge on any atom is 0.223 e. The van der Waals surface area contributed by atoms with E-state index in [4.69, 9.17) is 0 Å². The van der Waals surface area contributed by atoms with Crippen molar-refractivity contribution in [1.82, 2.24) is 5.32 Å². The first-order valence-electron chi connectivity index (χ1n) is 7.49. The van der Waals surface area contributed by atoms with E-state index in [1.165, 1.54) is 5.56 Å². The van der Waals surface area contributed by atoms with E-state index < -0.39 is 0 Å². The summed E-state index contributed by atoms with van der Waals surface area (Å²) in [7, 11) is 0. The van der Waals surface area contributed by atoms with Crippen LogP contribution in [-0.4, -0.2) is 12.5 Å². The Morgan fingerprint density at radius 2 is 1.80 bits per heavy atom. The zero-order chi connectivity index (χ0) is 15.4. The lowest BCUT2D eigenvalue weighted by Crippen LogP contribution is -2.27. The minimum Gasteiger partial charge on any atom is -0.345 e. The van der Waals surface area contributed by atoms with Crippen LogP contribution in [0.1, 0.15) is 52.2 Å². The topological polar surface area (TPSA) is 29.1 Å². The molecule has 1 aromatic rings. The average Bonchev–Trinajstić information content (AvgIpc) is 2.47. The van der Waals surface area contributed by atoms with Crippen LogP contribution in [0.15, 0.2) is 24.3 Å². The predicted molar refractivity (Wildman–Crippen MR) is 86.5 cm³/mol. The molecule has 2 heteroatoms. The molecule has 1 N–H and O–H groups in total. The van der Waals surface area contributed by atoms with Crippen molar-refractivity contribution < 1.29 is 4.79 Å². The number of aryl methyl sites for hydroxylation is 1. The van der Waals surface area contributed by atoms with Gasteiger partial charge in [0.2, 0.25) is 5.91 Å². The van der Waals surface area contributed by atoms with Crippen LogP contribution in [0.3, 0.4) is 0 Å². The molecule has 0 bridgehead atoms. The van der Waals surface area contributed by atoms with Crippen LogP contribution < -0.4 is 5.32 Å². The van der Waals surface area contributed by atoms with Crippen molar-refractivity contribution in [1.29, 1.82) is 0 Å². The molecular formula is C18H27NO. The normalized spacial score (nSPS) is 9.10. The molecule has 0 fully saturated rings. The Bertz CT molecular complexity index is 435. The largest absolute Gasteiger partial charge is 0.345 e. The van der Waals surface area contributed by atoms with Crippen LogP contribution in [0.2, 0.25) is 0 Å². The first-order valence-corrected chi connectivity index (χ1v) is 7.49. The van der Waals surface area contributed by atoms with Crippen LogP contribution in [0.25, 0.3) is 0 Å². The molecule has 0 radical (unpaired) electrons. The fourth-order valence-electron chi connectivity index (χ4n) is 1.53. The summed E-state index contributed by atoms with van der Waals surface area (Å²) in [4.78, 5) is 11.3. The highest BCUT2D eigenvalue weighted by Gasteiger charge is 2.03. The highest BCUT2D eigenvalue weighted by Crippen LogP contribution is 2.05. The van der Waals surface area contributed by atoms with Gasteiger partial charge in [0.05, 0.1) is 6.54 Å². The molecular weight excluding hydrogens is 246 g/mol. The Kier molecular flexibility index (Phi) is 10.1. The van der Waals surface area contributed by atoms with Crippen molar-refractivity contribution in [2.24, 2.45) is 5.92 Å². The highest BCUT2D eigenvalue weighted by molar-refractivity contribution is 5.78. The molecule has 0 heterocycles. The van der Waals surface area contributed by atoms with Gasteiger partial charge in [0.25, 0.3) is 0 Å². The van der Waals surface area contributed by atoms with Gasteiger partial charge in [-0.25, -0.2) is 0 Å². The summed E-state index contributed by atoms with van der Waals surface area (Å²) in [5, 5.41) is 2.77. The Labute approximate surface area is 124 Å². The monoisotopic (exact) mass is 273 g/mol. The minimum absolute atomic E-state index is 0.0140. The first kappa shape index (κ1) is 18.2. The number of hydrogen-bond donors (Lipinski definition) is 1.